The van der Waals surface area contributed by atoms with Gasteiger partial charge in [-0.3, -0.25) is 9.69 Å². The summed E-state index contributed by atoms with van der Waals surface area (Å²) in [6, 6.07) is 11.9. The molecule has 1 N–H and O–H groups in total. The lowest BCUT2D eigenvalue weighted by Gasteiger charge is -2.23. The van der Waals surface area contributed by atoms with Crippen molar-refractivity contribution in [2.24, 2.45) is 0 Å². The van der Waals surface area contributed by atoms with Gasteiger partial charge in [-0.25, -0.2) is 4.79 Å². The van der Waals surface area contributed by atoms with Crippen molar-refractivity contribution in [2.45, 2.75) is 19.4 Å². The fourth-order valence-electron chi connectivity index (χ4n) is 2.87. The predicted octanol–water partition coefficient (Wildman–Crippen LogP) is 4.15. The van der Waals surface area contributed by atoms with Gasteiger partial charge in [-0.1, -0.05) is 47.0 Å². The zero-order valence-electron chi connectivity index (χ0n) is 14.4. The van der Waals surface area contributed by atoms with Crippen molar-refractivity contribution >= 4 is 35.1 Å². The van der Waals surface area contributed by atoms with Crippen molar-refractivity contribution in [3.63, 3.8) is 0 Å². The van der Waals surface area contributed by atoms with E-state index in [9.17, 15) is 9.59 Å². The minimum Gasteiger partial charge on any atom is -0.492 e. The van der Waals surface area contributed by atoms with Crippen LogP contribution in [0.2, 0.25) is 10.0 Å². The Morgan fingerprint density at radius 3 is 2.46 bits per heavy atom. The van der Waals surface area contributed by atoms with Crippen LogP contribution >= 0.6 is 23.2 Å². The first-order valence-electron chi connectivity index (χ1n) is 8.10. The molecule has 1 fully saturated rings. The Morgan fingerprint density at radius 1 is 1.12 bits per heavy atom. The molecule has 0 bridgehead atoms. The molecule has 5 nitrogen and oxygen atoms in total. The number of urea groups is 1. The van der Waals surface area contributed by atoms with Gasteiger partial charge in [0, 0.05) is 15.6 Å². The SMILES string of the molecule is Cc1ccc(OCCN2C(=O)N[C@](C)(c3ccc(Cl)cc3Cl)C2=O)cc1. The number of rotatable bonds is 5. The molecule has 0 unspecified atom stereocenters. The van der Waals surface area contributed by atoms with Crippen LogP contribution in [-0.4, -0.2) is 30.0 Å². The average molecular weight is 393 g/mol. The second-order valence-corrected chi connectivity index (χ2v) is 7.14. The van der Waals surface area contributed by atoms with Crippen LogP contribution in [0.3, 0.4) is 0 Å². The maximum Gasteiger partial charge on any atom is 0.325 e. The number of carbonyl (C=O) groups is 2. The lowest BCUT2D eigenvalue weighted by atomic mass is 9.92. The van der Waals surface area contributed by atoms with Crippen LogP contribution in [0.1, 0.15) is 18.1 Å². The minimum absolute atomic E-state index is 0.138. The van der Waals surface area contributed by atoms with Gasteiger partial charge in [0.15, 0.2) is 0 Å². The Bertz CT molecular complexity index is 854. The number of hydrogen-bond acceptors (Lipinski definition) is 3. The van der Waals surface area contributed by atoms with Gasteiger partial charge in [0.1, 0.15) is 17.9 Å². The highest BCUT2D eigenvalue weighted by Crippen LogP contribution is 2.34. The van der Waals surface area contributed by atoms with Crippen molar-refractivity contribution < 1.29 is 14.3 Å². The van der Waals surface area contributed by atoms with Gasteiger partial charge in [0.25, 0.3) is 5.91 Å². The van der Waals surface area contributed by atoms with Gasteiger partial charge in [-0.15, -0.1) is 0 Å². The number of nitrogens with zero attached hydrogens (tertiary/aromatic N) is 1. The second kappa shape index (κ2) is 7.17. The van der Waals surface area contributed by atoms with Crippen molar-refractivity contribution in [1.82, 2.24) is 10.2 Å². The summed E-state index contributed by atoms with van der Waals surface area (Å²) in [5.74, 6) is 0.311. The first-order valence-corrected chi connectivity index (χ1v) is 8.86. The molecule has 0 saturated carbocycles. The third-order valence-corrected chi connectivity index (χ3v) is 4.90. The maximum absolute atomic E-state index is 12.9. The molecule has 2 aromatic carbocycles. The highest BCUT2D eigenvalue weighted by Gasteiger charge is 2.49. The lowest BCUT2D eigenvalue weighted by Crippen LogP contribution is -2.41. The number of carbonyl (C=O) groups excluding carboxylic acids is 2. The van der Waals surface area contributed by atoms with Gasteiger partial charge in [-0.05, 0) is 38.1 Å². The number of nitrogens with one attached hydrogen (secondary N) is 1. The van der Waals surface area contributed by atoms with Crippen LogP contribution in [0.4, 0.5) is 4.79 Å². The first kappa shape index (κ1) is 18.5. The van der Waals surface area contributed by atoms with Gasteiger partial charge in [0.05, 0.1) is 6.54 Å². The molecule has 136 valence electrons. The molecular weight excluding hydrogens is 375 g/mol. The Hall–Kier alpha value is -2.24. The normalized spacial score (nSPS) is 19.6. The van der Waals surface area contributed by atoms with E-state index in [4.69, 9.17) is 27.9 Å². The average Bonchev–Trinajstić information content (AvgIpc) is 2.80. The molecule has 1 heterocycles. The van der Waals surface area contributed by atoms with Gasteiger partial charge < -0.3 is 10.1 Å². The summed E-state index contributed by atoms with van der Waals surface area (Å²) < 4.78 is 5.62. The maximum atomic E-state index is 12.9. The van der Waals surface area contributed by atoms with E-state index in [2.05, 4.69) is 5.32 Å². The van der Waals surface area contributed by atoms with Crippen molar-refractivity contribution in [3.05, 3.63) is 63.6 Å². The van der Waals surface area contributed by atoms with Crippen molar-refractivity contribution in [3.8, 4) is 5.75 Å². The van der Waals surface area contributed by atoms with Crippen LogP contribution in [0.25, 0.3) is 0 Å². The minimum atomic E-state index is -1.23. The van der Waals surface area contributed by atoms with E-state index in [1.54, 1.807) is 25.1 Å². The zero-order chi connectivity index (χ0) is 18.9. The third-order valence-electron chi connectivity index (χ3n) is 4.35. The Morgan fingerprint density at radius 2 is 1.81 bits per heavy atom. The summed E-state index contributed by atoms with van der Waals surface area (Å²) >= 11 is 12.1. The molecule has 3 rings (SSSR count). The first-order chi connectivity index (χ1) is 12.3. The fraction of sp³-hybridized carbons (Fsp3) is 0.263. The van der Waals surface area contributed by atoms with E-state index in [1.165, 1.54) is 0 Å². The molecule has 1 atom stereocenters. The predicted molar refractivity (Wildman–Crippen MR) is 101 cm³/mol. The molecule has 0 spiro atoms. The molecule has 26 heavy (non-hydrogen) atoms. The van der Waals surface area contributed by atoms with E-state index in [0.29, 0.717) is 21.4 Å². The van der Waals surface area contributed by atoms with Crippen LogP contribution in [0.5, 0.6) is 5.75 Å². The molecule has 7 heteroatoms. The van der Waals surface area contributed by atoms with Gasteiger partial charge in [-0.2, -0.15) is 0 Å². The number of aryl methyl sites for hydroxylation is 1. The number of amides is 3. The number of halogens is 2. The number of benzene rings is 2. The van der Waals surface area contributed by atoms with Crippen molar-refractivity contribution in [1.29, 1.82) is 0 Å². The van der Waals surface area contributed by atoms with Crippen LogP contribution in [0, 0.1) is 6.92 Å². The number of ether oxygens (including phenoxy) is 1. The molecule has 1 saturated heterocycles. The smallest absolute Gasteiger partial charge is 0.325 e. The summed E-state index contributed by atoms with van der Waals surface area (Å²) in [6.07, 6.45) is 0. The Balaban J connectivity index is 1.71. The Kier molecular flexibility index (Phi) is 5.12. The molecule has 0 aromatic heterocycles. The lowest BCUT2D eigenvalue weighted by molar-refractivity contribution is -0.131. The molecule has 3 amide bonds. The Labute approximate surface area is 161 Å². The number of imide groups is 1. The molecule has 1 aliphatic heterocycles. The topological polar surface area (TPSA) is 58.6 Å². The molecule has 0 radical (unpaired) electrons. The van der Waals surface area contributed by atoms with Gasteiger partial charge >= 0.3 is 6.03 Å². The van der Waals surface area contributed by atoms with E-state index >= 15 is 0 Å². The largest absolute Gasteiger partial charge is 0.492 e. The van der Waals surface area contributed by atoms with Crippen molar-refractivity contribution in [2.75, 3.05) is 13.2 Å². The highest BCUT2D eigenvalue weighted by molar-refractivity contribution is 6.35. The molecule has 0 aliphatic carbocycles. The van der Waals surface area contributed by atoms with Gasteiger partial charge in [0.2, 0.25) is 0 Å². The highest BCUT2D eigenvalue weighted by atomic mass is 35.5. The van der Waals surface area contributed by atoms with Crippen LogP contribution in [-0.2, 0) is 10.3 Å². The fourth-order valence-corrected chi connectivity index (χ4v) is 3.46. The van der Waals surface area contributed by atoms with E-state index in [1.807, 2.05) is 31.2 Å². The van der Waals surface area contributed by atoms with E-state index in [0.717, 1.165) is 10.5 Å². The van der Waals surface area contributed by atoms with E-state index in [-0.39, 0.29) is 19.1 Å². The third kappa shape index (κ3) is 3.50. The standard InChI is InChI=1S/C19H18Cl2N2O3/c1-12-3-6-14(7-4-12)26-10-9-23-17(24)19(2,22-18(23)25)15-8-5-13(20)11-16(15)21/h3-8,11H,9-10H2,1-2H3,(H,22,25)/t19-/m1/s1. The summed E-state index contributed by atoms with van der Waals surface area (Å²) in [5, 5.41) is 3.50. The van der Waals surface area contributed by atoms with Crippen LogP contribution in [0.15, 0.2) is 42.5 Å². The molecule has 1 aliphatic rings. The second-order valence-electron chi connectivity index (χ2n) is 6.30. The van der Waals surface area contributed by atoms with E-state index < -0.39 is 11.6 Å². The zero-order valence-corrected chi connectivity index (χ0v) is 15.9. The quantitative estimate of drug-likeness (QED) is 0.777. The summed E-state index contributed by atoms with van der Waals surface area (Å²) in [4.78, 5) is 26.3. The summed E-state index contributed by atoms with van der Waals surface area (Å²) in [7, 11) is 0. The molecular formula is C19H18Cl2N2O3. The molecule has 2 aromatic rings. The monoisotopic (exact) mass is 392 g/mol. The number of hydrogen-bond donors (Lipinski definition) is 1. The summed E-state index contributed by atoms with van der Waals surface area (Å²) in [5.41, 5.74) is 0.397. The summed E-state index contributed by atoms with van der Waals surface area (Å²) in [6.45, 7) is 3.95. The van der Waals surface area contributed by atoms with Crippen LogP contribution < -0.4 is 10.1 Å².